The highest BCUT2D eigenvalue weighted by atomic mass is 16.5. The Morgan fingerprint density at radius 2 is 2.04 bits per heavy atom. The van der Waals surface area contributed by atoms with Gasteiger partial charge in [0.05, 0.1) is 12.2 Å². The molecule has 5 nitrogen and oxygen atoms in total. The monoisotopic (exact) mass is 319 g/mol. The van der Waals surface area contributed by atoms with Crippen molar-refractivity contribution < 1.29 is 19.4 Å². The van der Waals surface area contributed by atoms with Gasteiger partial charge >= 0.3 is 11.9 Å². The number of nitrogens with zero attached hydrogens (tertiary/aromatic N) is 1. The molecule has 0 saturated carbocycles. The van der Waals surface area contributed by atoms with Crippen molar-refractivity contribution in [1.29, 1.82) is 0 Å². The van der Waals surface area contributed by atoms with E-state index in [0.717, 1.165) is 37.9 Å². The normalized spacial score (nSPS) is 18.0. The van der Waals surface area contributed by atoms with Crippen LogP contribution in [0.3, 0.4) is 0 Å². The molecule has 1 unspecified atom stereocenters. The van der Waals surface area contributed by atoms with Crippen molar-refractivity contribution in [3.63, 3.8) is 0 Å². The fourth-order valence-corrected chi connectivity index (χ4v) is 2.98. The lowest BCUT2D eigenvalue weighted by Gasteiger charge is -2.24. The molecule has 1 heterocycles. The van der Waals surface area contributed by atoms with Crippen LogP contribution < -0.4 is 0 Å². The molecular formula is C18H25NO4. The highest BCUT2D eigenvalue weighted by molar-refractivity contribution is 5.89. The molecule has 23 heavy (non-hydrogen) atoms. The van der Waals surface area contributed by atoms with Gasteiger partial charge in [0.25, 0.3) is 0 Å². The van der Waals surface area contributed by atoms with Crippen LogP contribution in [0.5, 0.6) is 0 Å². The minimum atomic E-state index is -0.730. The van der Waals surface area contributed by atoms with E-state index in [4.69, 9.17) is 9.84 Å². The van der Waals surface area contributed by atoms with Gasteiger partial charge in [-0.2, -0.15) is 0 Å². The van der Waals surface area contributed by atoms with Crippen LogP contribution in [0.1, 0.15) is 54.9 Å². The third-order valence-corrected chi connectivity index (χ3v) is 4.20. The lowest BCUT2D eigenvalue weighted by atomic mass is 10.1. The summed E-state index contributed by atoms with van der Waals surface area (Å²) < 4.78 is 5.12. The molecule has 2 rings (SSSR count). The van der Waals surface area contributed by atoms with Crippen molar-refractivity contribution in [2.24, 2.45) is 0 Å². The molecule has 0 aromatic heterocycles. The van der Waals surface area contributed by atoms with Crippen molar-refractivity contribution in [3.8, 4) is 0 Å². The van der Waals surface area contributed by atoms with Crippen LogP contribution in [-0.2, 0) is 16.1 Å². The number of ether oxygens (including phenoxy) is 1. The van der Waals surface area contributed by atoms with Gasteiger partial charge in [0, 0.05) is 19.0 Å². The van der Waals surface area contributed by atoms with Gasteiger partial charge in [-0.1, -0.05) is 19.1 Å². The summed E-state index contributed by atoms with van der Waals surface area (Å²) in [6.45, 7) is 4.21. The van der Waals surface area contributed by atoms with E-state index in [-0.39, 0.29) is 12.4 Å². The minimum Gasteiger partial charge on any atom is -0.481 e. The summed E-state index contributed by atoms with van der Waals surface area (Å²) in [5, 5.41) is 8.83. The third-order valence-electron chi connectivity index (χ3n) is 4.20. The molecule has 0 spiro atoms. The molecule has 1 aliphatic rings. The highest BCUT2D eigenvalue weighted by Gasteiger charge is 2.24. The molecule has 0 amide bonds. The number of hydrogen-bond donors (Lipinski definition) is 1. The average molecular weight is 319 g/mol. The summed E-state index contributed by atoms with van der Waals surface area (Å²) in [6, 6.07) is 7.86. The zero-order valence-electron chi connectivity index (χ0n) is 13.7. The van der Waals surface area contributed by atoms with E-state index in [1.54, 1.807) is 12.1 Å². The fourth-order valence-electron chi connectivity index (χ4n) is 2.98. The fraction of sp³-hybridized carbons (Fsp3) is 0.556. The number of rotatable bonds is 8. The molecule has 0 bridgehead atoms. The predicted molar refractivity (Wildman–Crippen MR) is 87.3 cm³/mol. The molecule has 5 heteroatoms. The van der Waals surface area contributed by atoms with Crippen LogP contribution in [0.15, 0.2) is 24.3 Å². The van der Waals surface area contributed by atoms with E-state index in [0.29, 0.717) is 24.6 Å². The summed E-state index contributed by atoms with van der Waals surface area (Å²) in [5.74, 6) is -1.01. The summed E-state index contributed by atoms with van der Waals surface area (Å²) in [7, 11) is 0. The van der Waals surface area contributed by atoms with Crippen molar-refractivity contribution in [3.05, 3.63) is 35.4 Å². The molecule has 0 radical (unpaired) electrons. The summed E-state index contributed by atoms with van der Waals surface area (Å²) in [4.78, 5) is 24.8. The standard InChI is InChI=1S/C18H25NO4/c1-2-12-23-18(22)15-7-5-14(6-8-15)13-19-11-3-4-16(19)9-10-17(20)21/h5-8,16H,2-4,9-13H2,1H3,(H,20,21). The first-order valence-electron chi connectivity index (χ1n) is 8.32. The molecule has 1 atom stereocenters. The van der Waals surface area contributed by atoms with Gasteiger partial charge in [-0.05, 0) is 49.9 Å². The Hall–Kier alpha value is -1.88. The SMILES string of the molecule is CCCOC(=O)c1ccc(CN2CCCC2CCC(=O)O)cc1. The predicted octanol–water partition coefficient (Wildman–Crippen LogP) is 3.08. The van der Waals surface area contributed by atoms with Gasteiger partial charge < -0.3 is 9.84 Å². The number of aliphatic carboxylic acids is 1. The number of hydrogen-bond acceptors (Lipinski definition) is 4. The van der Waals surface area contributed by atoms with E-state index in [2.05, 4.69) is 4.90 Å². The van der Waals surface area contributed by atoms with E-state index in [9.17, 15) is 9.59 Å². The number of carboxylic acid groups (broad SMARTS) is 1. The topological polar surface area (TPSA) is 66.8 Å². The first kappa shape index (κ1) is 17.5. The maximum atomic E-state index is 11.8. The second-order valence-electron chi connectivity index (χ2n) is 6.03. The van der Waals surface area contributed by atoms with Crippen molar-refractivity contribution >= 4 is 11.9 Å². The minimum absolute atomic E-state index is 0.226. The van der Waals surface area contributed by atoms with Crippen LogP contribution in [-0.4, -0.2) is 41.1 Å². The number of carbonyl (C=O) groups is 2. The second-order valence-corrected chi connectivity index (χ2v) is 6.03. The maximum Gasteiger partial charge on any atom is 0.338 e. The van der Waals surface area contributed by atoms with Crippen LogP contribution >= 0.6 is 0 Å². The smallest absolute Gasteiger partial charge is 0.338 e. The highest BCUT2D eigenvalue weighted by Crippen LogP contribution is 2.23. The van der Waals surface area contributed by atoms with Gasteiger partial charge in [0.15, 0.2) is 0 Å². The van der Waals surface area contributed by atoms with E-state index in [1.165, 1.54) is 0 Å². The Bertz CT molecular complexity index is 526. The van der Waals surface area contributed by atoms with Crippen molar-refractivity contribution in [2.75, 3.05) is 13.2 Å². The quantitative estimate of drug-likeness (QED) is 0.746. The van der Waals surface area contributed by atoms with Crippen molar-refractivity contribution in [1.82, 2.24) is 4.90 Å². The van der Waals surface area contributed by atoms with Gasteiger partial charge in [-0.15, -0.1) is 0 Å². The molecule has 1 aromatic rings. The number of esters is 1. The van der Waals surface area contributed by atoms with Gasteiger partial charge in [-0.3, -0.25) is 9.69 Å². The molecule has 1 N–H and O–H groups in total. The Morgan fingerprint density at radius 3 is 2.70 bits per heavy atom. The van der Waals surface area contributed by atoms with Crippen LogP contribution in [0.2, 0.25) is 0 Å². The molecule has 1 saturated heterocycles. The Morgan fingerprint density at radius 1 is 1.30 bits per heavy atom. The number of carboxylic acids is 1. The second kappa shape index (κ2) is 8.67. The molecule has 1 fully saturated rings. The van der Waals surface area contributed by atoms with E-state index < -0.39 is 5.97 Å². The van der Waals surface area contributed by atoms with Crippen molar-refractivity contribution in [2.45, 2.75) is 51.6 Å². The molecule has 126 valence electrons. The van der Waals surface area contributed by atoms with Gasteiger partial charge in [0.1, 0.15) is 0 Å². The zero-order chi connectivity index (χ0) is 16.7. The number of carbonyl (C=O) groups excluding carboxylic acids is 1. The largest absolute Gasteiger partial charge is 0.481 e. The number of likely N-dealkylation sites (tertiary alicyclic amines) is 1. The van der Waals surface area contributed by atoms with Gasteiger partial charge in [-0.25, -0.2) is 4.79 Å². The third kappa shape index (κ3) is 5.36. The summed E-state index contributed by atoms with van der Waals surface area (Å²) in [6.07, 6.45) is 3.93. The molecule has 0 aliphatic carbocycles. The Kier molecular flexibility index (Phi) is 6.59. The summed E-state index contributed by atoms with van der Waals surface area (Å²) in [5.41, 5.74) is 1.71. The first-order valence-corrected chi connectivity index (χ1v) is 8.32. The molecule has 1 aliphatic heterocycles. The van der Waals surface area contributed by atoms with Crippen LogP contribution in [0, 0.1) is 0 Å². The lowest BCUT2D eigenvalue weighted by molar-refractivity contribution is -0.137. The number of benzene rings is 1. The zero-order valence-corrected chi connectivity index (χ0v) is 13.7. The van der Waals surface area contributed by atoms with Crippen LogP contribution in [0.4, 0.5) is 0 Å². The van der Waals surface area contributed by atoms with Gasteiger partial charge in [0.2, 0.25) is 0 Å². The molecular weight excluding hydrogens is 294 g/mol. The summed E-state index contributed by atoms with van der Waals surface area (Å²) >= 11 is 0. The maximum absolute atomic E-state index is 11.8. The Labute approximate surface area is 137 Å². The molecule has 1 aromatic carbocycles. The first-order chi connectivity index (χ1) is 11.1. The van der Waals surface area contributed by atoms with E-state index >= 15 is 0 Å². The Balaban J connectivity index is 1.89. The average Bonchev–Trinajstić information content (AvgIpc) is 2.98. The lowest BCUT2D eigenvalue weighted by Crippen LogP contribution is -2.29. The van der Waals surface area contributed by atoms with Crippen LogP contribution in [0.25, 0.3) is 0 Å². The van der Waals surface area contributed by atoms with E-state index in [1.807, 2.05) is 19.1 Å².